The molecule has 3 heterocycles. The first-order chi connectivity index (χ1) is 13.2. The van der Waals surface area contributed by atoms with E-state index in [1.165, 1.54) is 12.3 Å². The maximum atomic E-state index is 13.4. The number of rotatable bonds is 5. The van der Waals surface area contributed by atoms with Crippen LogP contribution in [0.5, 0.6) is 5.75 Å². The van der Waals surface area contributed by atoms with Gasteiger partial charge in [-0.05, 0) is 42.8 Å². The second kappa shape index (κ2) is 7.33. The van der Waals surface area contributed by atoms with E-state index in [1.54, 1.807) is 19.3 Å². The minimum atomic E-state index is -0.592. The van der Waals surface area contributed by atoms with E-state index >= 15 is 0 Å². The lowest BCUT2D eigenvalue weighted by atomic mass is 10.1. The van der Waals surface area contributed by atoms with Gasteiger partial charge in [-0.15, -0.1) is 0 Å². The van der Waals surface area contributed by atoms with Gasteiger partial charge in [0.1, 0.15) is 12.4 Å². The summed E-state index contributed by atoms with van der Waals surface area (Å²) in [5.41, 5.74) is 3.04. The molecule has 1 aromatic carbocycles. The molecule has 0 unspecified atom stereocenters. The molecule has 0 aliphatic carbocycles. The second-order valence-corrected chi connectivity index (χ2v) is 5.92. The number of halogens is 1. The molecule has 134 valence electrons. The van der Waals surface area contributed by atoms with Gasteiger partial charge in [0.15, 0.2) is 0 Å². The average Bonchev–Trinajstić information content (AvgIpc) is 3.19. The quantitative estimate of drug-likeness (QED) is 0.495. The summed E-state index contributed by atoms with van der Waals surface area (Å²) < 4.78 is 24.4. The zero-order valence-corrected chi connectivity index (χ0v) is 14.5. The summed E-state index contributed by atoms with van der Waals surface area (Å²) >= 11 is 0. The van der Waals surface area contributed by atoms with Crippen molar-refractivity contribution in [3.63, 3.8) is 0 Å². The van der Waals surface area contributed by atoms with E-state index in [4.69, 9.17) is 9.26 Å². The third-order valence-electron chi connectivity index (χ3n) is 3.97. The Labute approximate surface area is 154 Å². The summed E-state index contributed by atoms with van der Waals surface area (Å²) in [6.45, 7) is 2.24. The van der Waals surface area contributed by atoms with Gasteiger partial charge in [0.25, 0.3) is 5.89 Å². The molecule has 0 aliphatic heterocycles. The first-order valence-corrected chi connectivity index (χ1v) is 8.27. The smallest absolute Gasteiger partial charge is 0.258 e. The molecule has 0 N–H and O–H groups in total. The van der Waals surface area contributed by atoms with E-state index in [1.807, 2.05) is 36.4 Å². The summed E-state index contributed by atoms with van der Waals surface area (Å²) in [6, 6.07) is 12.4. The molecule has 0 amide bonds. The topological polar surface area (TPSA) is 73.9 Å². The highest BCUT2D eigenvalue weighted by molar-refractivity contribution is 5.62. The molecule has 4 aromatic rings. The van der Waals surface area contributed by atoms with Crippen molar-refractivity contribution < 1.29 is 13.7 Å². The Kier molecular flexibility index (Phi) is 4.57. The number of pyridine rings is 2. The van der Waals surface area contributed by atoms with Gasteiger partial charge in [0.05, 0.1) is 0 Å². The highest BCUT2D eigenvalue weighted by atomic mass is 19.1. The summed E-state index contributed by atoms with van der Waals surface area (Å²) in [4.78, 5) is 12.0. The molecule has 0 saturated heterocycles. The van der Waals surface area contributed by atoms with Crippen LogP contribution in [-0.4, -0.2) is 20.1 Å². The number of hydrogen-bond acceptors (Lipinski definition) is 6. The molecule has 27 heavy (non-hydrogen) atoms. The van der Waals surface area contributed by atoms with Crippen molar-refractivity contribution in [1.29, 1.82) is 0 Å². The van der Waals surface area contributed by atoms with Crippen LogP contribution >= 0.6 is 0 Å². The van der Waals surface area contributed by atoms with E-state index in [-0.39, 0.29) is 5.89 Å². The Bertz CT molecular complexity index is 1050. The minimum absolute atomic E-state index is 0.251. The van der Waals surface area contributed by atoms with Gasteiger partial charge in [0.2, 0.25) is 11.8 Å². The van der Waals surface area contributed by atoms with Crippen LogP contribution in [0.2, 0.25) is 0 Å². The Morgan fingerprint density at radius 2 is 1.96 bits per heavy atom. The Balaban J connectivity index is 1.49. The fourth-order valence-electron chi connectivity index (χ4n) is 2.53. The van der Waals surface area contributed by atoms with Crippen molar-refractivity contribution in [2.75, 3.05) is 0 Å². The first-order valence-electron chi connectivity index (χ1n) is 8.27. The van der Waals surface area contributed by atoms with E-state index in [0.29, 0.717) is 18.0 Å². The SMILES string of the molecule is Cc1cnc(F)cc1-c1nc(-c2ccc(OCc3cccnc3)cc2)no1. The number of benzene rings is 1. The molecular weight excluding hydrogens is 347 g/mol. The summed E-state index contributed by atoms with van der Waals surface area (Å²) in [5.74, 6) is 0.796. The van der Waals surface area contributed by atoms with Crippen LogP contribution in [-0.2, 0) is 6.61 Å². The molecule has 3 aromatic heterocycles. The number of nitrogens with zero attached hydrogens (tertiary/aromatic N) is 4. The molecule has 0 bridgehead atoms. The van der Waals surface area contributed by atoms with Gasteiger partial charge in [-0.25, -0.2) is 4.98 Å². The number of ether oxygens (including phenoxy) is 1. The van der Waals surface area contributed by atoms with Crippen LogP contribution in [0.25, 0.3) is 22.8 Å². The van der Waals surface area contributed by atoms with Gasteiger partial charge in [-0.1, -0.05) is 11.2 Å². The molecule has 0 fully saturated rings. The van der Waals surface area contributed by atoms with Crippen molar-refractivity contribution in [2.24, 2.45) is 0 Å². The van der Waals surface area contributed by atoms with Gasteiger partial charge < -0.3 is 9.26 Å². The number of hydrogen-bond donors (Lipinski definition) is 0. The lowest BCUT2D eigenvalue weighted by Crippen LogP contribution is -1.95. The van der Waals surface area contributed by atoms with Crippen molar-refractivity contribution in [2.45, 2.75) is 13.5 Å². The highest BCUT2D eigenvalue weighted by Crippen LogP contribution is 2.26. The van der Waals surface area contributed by atoms with Crippen LogP contribution in [0.1, 0.15) is 11.1 Å². The number of aromatic nitrogens is 4. The molecule has 0 aliphatic rings. The molecule has 0 spiro atoms. The van der Waals surface area contributed by atoms with Crippen LogP contribution in [0, 0.1) is 12.9 Å². The third kappa shape index (κ3) is 3.82. The molecule has 0 saturated carbocycles. The molecule has 4 rings (SSSR count). The fourth-order valence-corrected chi connectivity index (χ4v) is 2.53. The van der Waals surface area contributed by atoms with Gasteiger partial charge in [0, 0.05) is 41.3 Å². The lowest BCUT2D eigenvalue weighted by molar-refractivity contribution is 0.306. The standard InChI is InChI=1S/C20H15FN4O2/c1-13-10-23-18(21)9-17(13)20-24-19(25-27-20)15-4-6-16(7-5-15)26-12-14-3-2-8-22-11-14/h2-11H,12H2,1H3. The zero-order valence-electron chi connectivity index (χ0n) is 14.5. The summed E-state index contributed by atoms with van der Waals surface area (Å²) in [6.07, 6.45) is 4.92. The minimum Gasteiger partial charge on any atom is -0.489 e. The van der Waals surface area contributed by atoms with Crippen LogP contribution in [0.15, 0.2) is 65.6 Å². The predicted octanol–water partition coefficient (Wildman–Crippen LogP) is 4.22. The molecule has 0 atom stereocenters. The third-order valence-corrected chi connectivity index (χ3v) is 3.97. The van der Waals surface area contributed by atoms with Crippen molar-refractivity contribution in [3.8, 4) is 28.6 Å². The van der Waals surface area contributed by atoms with Crippen LogP contribution in [0.4, 0.5) is 4.39 Å². The van der Waals surface area contributed by atoms with E-state index in [0.717, 1.165) is 22.4 Å². The Morgan fingerprint density at radius 1 is 1.11 bits per heavy atom. The molecule has 6 nitrogen and oxygen atoms in total. The first kappa shape index (κ1) is 16.8. The molecule has 0 radical (unpaired) electrons. The van der Waals surface area contributed by atoms with Crippen molar-refractivity contribution >= 4 is 0 Å². The van der Waals surface area contributed by atoms with E-state index in [9.17, 15) is 4.39 Å². The summed E-state index contributed by atoms with van der Waals surface area (Å²) in [5, 5.41) is 3.98. The number of aryl methyl sites for hydroxylation is 1. The average molecular weight is 362 g/mol. The fraction of sp³-hybridized carbons (Fsp3) is 0.100. The Hall–Kier alpha value is -3.61. The van der Waals surface area contributed by atoms with Crippen LogP contribution < -0.4 is 4.74 Å². The van der Waals surface area contributed by atoms with Gasteiger partial charge >= 0.3 is 0 Å². The monoisotopic (exact) mass is 362 g/mol. The lowest BCUT2D eigenvalue weighted by Gasteiger charge is -2.06. The summed E-state index contributed by atoms with van der Waals surface area (Å²) in [7, 11) is 0. The van der Waals surface area contributed by atoms with Crippen molar-refractivity contribution in [3.05, 3.63) is 78.1 Å². The predicted molar refractivity (Wildman–Crippen MR) is 96.2 cm³/mol. The maximum absolute atomic E-state index is 13.4. The van der Waals surface area contributed by atoms with Crippen molar-refractivity contribution in [1.82, 2.24) is 20.1 Å². The zero-order chi connectivity index (χ0) is 18.6. The van der Waals surface area contributed by atoms with Gasteiger partial charge in [-0.3, -0.25) is 4.98 Å². The van der Waals surface area contributed by atoms with Crippen LogP contribution in [0.3, 0.4) is 0 Å². The second-order valence-electron chi connectivity index (χ2n) is 5.92. The van der Waals surface area contributed by atoms with E-state index in [2.05, 4.69) is 20.1 Å². The van der Waals surface area contributed by atoms with E-state index < -0.39 is 5.95 Å². The normalized spacial score (nSPS) is 10.7. The maximum Gasteiger partial charge on any atom is 0.258 e. The molecular formula is C20H15FN4O2. The van der Waals surface area contributed by atoms with Gasteiger partial charge in [-0.2, -0.15) is 9.37 Å². The largest absolute Gasteiger partial charge is 0.489 e. The molecule has 7 heteroatoms. The highest BCUT2D eigenvalue weighted by Gasteiger charge is 2.14. The Morgan fingerprint density at radius 3 is 2.74 bits per heavy atom.